The number of para-hydroxylation sites is 1. The molecule has 6 nitrogen and oxygen atoms in total. The van der Waals surface area contributed by atoms with Crippen molar-refractivity contribution >= 4 is 17.5 Å². The van der Waals surface area contributed by atoms with E-state index in [0.29, 0.717) is 23.7 Å². The van der Waals surface area contributed by atoms with Gasteiger partial charge in [0.05, 0.1) is 17.6 Å². The molecule has 0 amide bonds. The highest BCUT2D eigenvalue weighted by Gasteiger charge is 2.17. The van der Waals surface area contributed by atoms with E-state index in [9.17, 15) is 14.9 Å². The number of nitrogens with zero attached hydrogens (tertiary/aromatic N) is 1. The second-order valence-corrected chi connectivity index (χ2v) is 5.97. The lowest BCUT2D eigenvalue weighted by Gasteiger charge is -2.10. The number of ketones is 1. The molecule has 0 N–H and O–H groups in total. The fourth-order valence-electron chi connectivity index (χ4n) is 2.31. The van der Waals surface area contributed by atoms with Crippen LogP contribution in [0, 0.1) is 10.1 Å². The fraction of sp³-hybridized carbons (Fsp3) is 0.190. The van der Waals surface area contributed by atoms with Crippen LogP contribution in [0.1, 0.15) is 29.8 Å². The first-order valence-corrected chi connectivity index (χ1v) is 8.32. The minimum Gasteiger partial charge on any atom is -0.493 e. The van der Waals surface area contributed by atoms with E-state index in [0.717, 1.165) is 5.57 Å². The van der Waals surface area contributed by atoms with Crippen molar-refractivity contribution < 1.29 is 19.2 Å². The molecule has 0 aliphatic rings. The Morgan fingerprint density at radius 3 is 2.56 bits per heavy atom. The Labute approximate surface area is 157 Å². The number of benzene rings is 2. The molecule has 0 aliphatic carbocycles. The molecule has 2 aromatic rings. The zero-order valence-electron chi connectivity index (χ0n) is 15.5. The van der Waals surface area contributed by atoms with Gasteiger partial charge in [-0.1, -0.05) is 29.8 Å². The average Bonchev–Trinajstić information content (AvgIpc) is 2.66. The van der Waals surface area contributed by atoms with Crippen LogP contribution < -0.4 is 9.47 Å². The fourth-order valence-corrected chi connectivity index (χ4v) is 2.31. The van der Waals surface area contributed by atoms with Crippen molar-refractivity contribution in [3.8, 4) is 11.5 Å². The zero-order chi connectivity index (χ0) is 19.8. The minimum atomic E-state index is -0.567. The highest BCUT2D eigenvalue weighted by atomic mass is 16.6. The summed E-state index contributed by atoms with van der Waals surface area (Å²) in [6.07, 6.45) is 4.85. The molecule has 27 heavy (non-hydrogen) atoms. The summed E-state index contributed by atoms with van der Waals surface area (Å²) in [4.78, 5) is 22.8. The van der Waals surface area contributed by atoms with E-state index >= 15 is 0 Å². The number of hydrogen-bond acceptors (Lipinski definition) is 5. The third-order valence-corrected chi connectivity index (χ3v) is 3.71. The maximum absolute atomic E-state index is 12.3. The topological polar surface area (TPSA) is 78.7 Å². The van der Waals surface area contributed by atoms with Gasteiger partial charge in [0.2, 0.25) is 0 Å². The van der Waals surface area contributed by atoms with Crippen LogP contribution in [0.2, 0.25) is 0 Å². The normalized spacial score (nSPS) is 10.5. The van der Waals surface area contributed by atoms with Gasteiger partial charge in [-0.2, -0.15) is 0 Å². The molecule has 0 fully saturated rings. The molecule has 2 aromatic carbocycles. The molecule has 0 spiro atoms. The van der Waals surface area contributed by atoms with Gasteiger partial charge in [-0.05, 0) is 49.8 Å². The Balaban J connectivity index is 2.18. The monoisotopic (exact) mass is 367 g/mol. The Hall–Kier alpha value is -3.41. The Morgan fingerprint density at radius 1 is 1.15 bits per heavy atom. The van der Waals surface area contributed by atoms with Crippen molar-refractivity contribution in [3.63, 3.8) is 0 Å². The largest absolute Gasteiger partial charge is 0.493 e. The lowest BCUT2D eigenvalue weighted by atomic mass is 10.1. The molecule has 6 heteroatoms. The van der Waals surface area contributed by atoms with E-state index < -0.39 is 10.7 Å². The average molecular weight is 367 g/mol. The van der Waals surface area contributed by atoms with Gasteiger partial charge in [-0.25, -0.2) is 0 Å². The highest BCUT2D eigenvalue weighted by Crippen LogP contribution is 2.29. The predicted octanol–water partition coefficient (Wildman–Crippen LogP) is 4.84. The van der Waals surface area contributed by atoms with Crippen molar-refractivity contribution in [1.82, 2.24) is 0 Å². The first-order chi connectivity index (χ1) is 12.9. The Morgan fingerprint density at radius 2 is 1.89 bits per heavy atom. The molecule has 0 saturated carbocycles. The molecular weight excluding hydrogens is 346 g/mol. The lowest BCUT2D eigenvalue weighted by molar-refractivity contribution is -0.385. The SMILES string of the molecule is COc1cc(/C=C/C(=O)c2ccccc2[N+](=O)[O-])ccc1OCC=C(C)C. The molecule has 2 rings (SSSR count). The number of allylic oxidation sites excluding steroid dienone is 2. The minimum absolute atomic E-state index is 0.0485. The van der Waals surface area contributed by atoms with Crippen LogP contribution in [-0.2, 0) is 0 Å². The summed E-state index contributed by atoms with van der Waals surface area (Å²) in [6.45, 7) is 4.41. The van der Waals surface area contributed by atoms with Gasteiger partial charge in [0.15, 0.2) is 17.3 Å². The molecule has 140 valence electrons. The van der Waals surface area contributed by atoms with Gasteiger partial charge in [0.1, 0.15) is 6.61 Å². The van der Waals surface area contributed by atoms with Gasteiger partial charge in [-0.3, -0.25) is 14.9 Å². The predicted molar refractivity (Wildman–Crippen MR) is 104 cm³/mol. The summed E-state index contributed by atoms with van der Waals surface area (Å²) in [5, 5.41) is 11.0. The molecule has 0 aromatic heterocycles. The van der Waals surface area contributed by atoms with Crippen molar-refractivity contribution in [2.24, 2.45) is 0 Å². The summed E-state index contributed by atoms with van der Waals surface area (Å²) in [5.74, 6) is 0.694. The van der Waals surface area contributed by atoms with Crippen LogP contribution in [0.15, 0.2) is 60.2 Å². The maximum Gasteiger partial charge on any atom is 0.280 e. The van der Waals surface area contributed by atoms with Crippen LogP contribution in [0.25, 0.3) is 6.08 Å². The van der Waals surface area contributed by atoms with E-state index in [2.05, 4.69) is 0 Å². The van der Waals surface area contributed by atoms with Gasteiger partial charge in [0, 0.05) is 6.07 Å². The number of carbonyl (C=O) groups is 1. The standard InChI is InChI=1S/C21H21NO5/c1-15(2)12-13-27-20-11-9-16(14-21(20)26-3)8-10-19(23)17-6-4-5-7-18(17)22(24)25/h4-12,14H,13H2,1-3H3/b10-8+. The number of rotatable bonds is 8. The molecule has 0 bridgehead atoms. The molecule has 0 heterocycles. The van der Waals surface area contributed by atoms with Crippen molar-refractivity contribution in [3.05, 3.63) is 81.4 Å². The van der Waals surface area contributed by atoms with Crippen molar-refractivity contribution in [2.45, 2.75) is 13.8 Å². The summed E-state index contributed by atoms with van der Waals surface area (Å²) in [7, 11) is 1.54. The third kappa shape index (κ3) is 5.54. The van der Waals surface area contributed by atoms with Gasteiger partial charge in [0.25, 0.3) is 5.69 Å². The van der Waals surface area contributed by atoms with Crippen LogP contribution in [0.5, 0.6) is 11.5 Å². The van der Waals surface area contributed by atoms with Crippen LogP contribution in [-0.4, -0.2) is 24.4 Å². The number of nitro groups is 1. The van der Waals surface area contributed by atoms with Gasteiger partial charge < -0.3 is 9.47 Å². The molecule has 0 aliphatic heterocycles. The first-order valence-electron chi connectivity index (χ1n) is 8.32. The quantitative estimate of drug-likeness (QED) is 0.219. The molecule has 0 saturated heterocycles. The number of nitro benzene ring substituents is 1. The van der Waals surface area contributed by atoms with Crippen molar-refractivity contribution in [2.75, 3.05) is 13.7 Å². The molecule has 0 atom stereocenters. The Bertz CT molecular complexity index is 895. The smallest absolute Gasteiger partial charge is 0.280 e. The highest BCUT2D eigenvalue weighted by molar-refractivity contribution is 6.09. The van der Waals surface area contributed by atoms with Crippen LogP contribution in [0.4, 0.5) is 5.69 Å². The maximum atomic E-state index is 12.3. The van der Waals surface area contributed by atoms with E-state index in [-0.39, 0.29) is 11.3 Å². The summed E-state index contributed by atoms with van der Waals surface area (Å²) in [6, 6.07) is 11.1. The van der Waals surface area contributed by atoms with Crippen LogP contribution >= 0.6 is 0 Å². The third-order valence-electron chi connectivity index (χ3n) is 3.71. The van der Waals surface area contributed by atoms with E-state index in [1.54, 1.807) is 30.3 Å². The van der Waals surface area contributed by atoms with Crippen molar-refractivity contribution in [1.29, 1.82) is 0 Å². The second kappa shape index (κ2) is 9.33. The van der Waals surface area contributed by atoms with Crippen LogP contribution in [0.3, 0.4) is 0 Å². The van der Waals surface area contributed by atoms with E-state index in [1.165, 1.54) is 31.4 Å². The summed E-state index contributed by atoms with van der Waals surface area (Å²) < 4.78 is 11.0. The molecular formula is C21H21NO5. The Kier molecular flexibility index (Phi) is 6.88. The van der Waals surface area contributed by atoms with Gasteiger partial charge >= 0.3 is 0 Å². The molecule has 0 radical (unpaired) electrons. The number of methoxy groups -OCH3 is 1. The molecule has 0 unspecified atom stereocenters. The number of hydrogen-bond donors (Lipinski definition) is 0. The summed E-state index contributed by atoms with van der Waals surface area (Å²) in [5.41, 5.74) is 1.70. The van der Waals surface area contributed by atoms with E-state index in [4.69, 9.17) is 9.47 Å². The second-order valence-electron chi connectivity index (χ2n) is 5.97. The van der Waals surface area contributed by atoms with Gasteiger partial charge in [-0.15, -0.1) is 0 Å². The summed E-state index contributed by atoms with van der Waals surface area (Å²) >= 11 is 0. The van der Waals surface area contributed by atoms with E-state index in [1.807, 2.05) is 19.9 Å². The lowest BCUT2D eigenvalue weighted by Crippen LogP contribution is -2.00. The number of carbonyl (C=O) groups excluding carboxylic acids is 1. The zero-order valence-corrected chi connectivity index (χ0v) is 15.5. The first kappa shape index (κ1) is 19.9. The number of ether oxygens (including phenoxy) is 2.